The van der Waals surface area contributed by atoms with E-state index in [1.165, 1.54) is 19.3 Å². The van der Waals surface area contributed by atoms with Crippen molar-refractivity contribution < 1.29 is 9.84 Å². The standard InChI is InChI=1S/C16H33N3O2/c1-5-17-15(18-12-16(2,3)13-20)19(4)9-6-14-7-10-21-11-8-14/h14,20H,5-13H2,1-4H3,(H,17,18). The van der Waals surface area contributed by atoms with Crippen LogP contribution in [0.3, 0.4) is 0 Å². The Morgan fingerprint density at radius 1 is 1.38 bits per heavy atom. The van der Waals surface area contributed by atoms with E-state index in [1.54, 1.807) is 0 Å². The molecule has 2 N–H and O–H groups in total. The van der Waals surface area contributed by atoms with Crippen molar-refractivity contribution in [3.05, 3.63) is 0 Å². The van der Waals surface area contributed by atoms with Crippen molar-refractivity contribution in [2.75, 3.05) is 46.5 Å². The Labute approximate surface area is 129 Å². The van der Waals surface area contributed by atoms with Crippen molar-refractivity contribution in [2.24, 2.45) is 16.3 Å². The van der Waals surface area contributed by atoms with Gasteiger partial charge in [-0.2, -0.15) is 0 Å². The molecule has 0 aromatic heterocycles. The summed E-state index contributed by atoms with van der Waals surface area (Å²) in [5, 5.41) is 12.7. The van der Waals surface area contributed by atoms with Gasteiger partial charge in [0.1, 0.15) is 0 Å². The summed E-state index contributed by atoms with van der Waals surface area (Å²) < 4.78 is 5.41. The van der Waals surface area contributed by atoms with E-state index in [9.17, 15) is 5.11 Å². The van der Waals surface area contributed by atoms with E-state index >= 15 is 0 Å². The highest BCUT2D eigenvalue weighted by atomic mass is 16.5. The van der Waals surface area contributed by atoms with Crippen LogP contribution in [0.5, 0.6) is 0 Å². The molecule has 0 aromatic rings. The predicted octanol–water partition coefficient (Wildman–Crippen LogP) is 1.72. The maximum atomic E-state index is 9.33. The van der Waals surface area contributed by atoms with Crippen LogP contribution in [0, 0.1) is 11.3 Å². The third kappa shape index (κ3) is 7.14. The van der Waals surface area contributed by atoms with E-state index in [4.69, 9.17) is 4.74 Å². The van der Waals surface area contributed by atoms with Gasteiger partial charge in [0.05, 0.1) is 6.54 Å². The molecule has 1 saturated heterocycles. The van der Waals surface area contributed by atoms with E-state index in [2.05, 4.69) is 29.2 Å². The average molecular weight is 299 g/mol. The topological polar surface area (TPSA) is 57.1 Å². The largest absolute Gasteiger partial charge is 0.396 e. The number of rotatable bonds is 7. The van der Waals surface area contributed by atoms with Crippen LogP contribution in [-0.4, -0.2) is 62.5 Å². The number of nitrogens with zero attached hydrogens (tertiary/aromatic N) is 2. The number of hydrogen-bond acceptors (Lipinski definition) is 3. The van der Waals surface area contributed by atoms with Crippen LogP contribution in [0.4, 0.5) is 0 Å². The maximum Gasteiger partial charge on any atom is 0.193 e. The fourth-order valence-corrected chi connectivity index (χ4v) is 2.33. The summed E-state index contributed by atoms with van der Waals surface area (Å²) >= 11 is 0. The Morgan fingerprint density at radius 2 is 2.05 bits per heavy atom. The van der Waals surface area contributed by atoms with E-state index in [0.29, 0.717) is 6.54 Å². The molecule has 124 valence electrons. The lowest BCUT2D eigenvalue weighted by Crippen LogP contribution is -2.41. The van der Waals surface area contributed by atoms with Crippen molar-refractivity contribution in [3.63, 3.8) is 0 Å². The summed E-state index contributed by atoms with van der Waals surface area (Å²) in [5.74, 6) is 1.71. The Balaban J connectivity index is 2.47. The third-order valence-corrected chi connectivity index (χ3v) is 3.99. The molecule has 21 heavy (non-hydrogen) atoms. The molecule has 0 aliphatic carbocycles. The van der Waals surface area contributed by atoms with Gasteiger partial charge in [-0.05, 0) is 32.1 Å². The van der Waals surface area contributed by atoms with Gasteiger partial charge >= 0.3 is 0 Å². The van der Waals surface area contributed by atoms with Gasteiger partial charge in [-0.15, -0.1) is 0 Å². The fourth-order valence-electron chi connectivity index (χ4n) is 2.33. The molecule has 0 atom stereocenters. The van der Waals surface area contributed by atoms with Crippen molar-refractivity contribution >= 4 is 5.96 Å². The first-order valence-electron chi connectivity index (χ1n) is 8.16. The molecule has 1 aliphatic heterocycles. The minimum Gasteiger partial charge on any atom is -0.396 e. The van der Waals surface area contributed by atoms with Gasteiger partial charge in [0.15, 0.2) is 5.96 Å². The number of ether oxygens (including phenoxy) is 1. The highest BCUT2D eigenvalue weighted by Crippen LogP contribution is 2.18. The number of aliphatic hydroxyl groups is 1. The van der Waals surface area contributed by atoms with Gasteiger partial charge in [0.25, 0.3) is 0 Å². The first kappa shape index (κ1) is 18.2. The minimum atomic E-state index is -0.164. The van der Waals surface area contributed by atoms with Crippen LogP contribution in [0.25, 0.3) is 0 Å². The number of nitrogens with one attached hydrogen (secondary N) is 1. The normalized spacial score (nSPS) is 17.9. The van der Waals surface area contributed by atoms with Crippen LogP contribution in [-0.2, 0) is 4.74 Å². The number of aliphatic imine (C=N–C) groups is 1. The summed E-state index contributed by atoms with van der Waals surface area (Å²) in [7, 11) is 2.09. The summed E-state index contributed by atoms with van der Waals surface area (Å²) in [5.41, 5.74) is -0.164. The van der Waals surface area contributed by atoms with Gasteiger partial charge in [-0.1, -0.05) is 13.8 Å². The monoisotopic (exact) mass is 299 g/mol. The first-order valence-corrected chi connectivity index (χ1v) is 8.16. The highest BCUT2D eigenvalue weighted by molar-refractivity contribution is 5.79. The number of hydrogen-bond donors (Lipinski definition) is 2. The second-order valence-corrected chi connectivity index (χ2v) is 6.76. The lowest BCUT2D eigenvalue weighted by atomic mass is 9.95. The summed E-state index contributed by atoms with van der Waals surface area (Å²) in [6.45, 7) is 10.6. The summed E-state index contributed by atoms with van der Waals surface area (Å²) in [6, 6.07) is 0. The molecule has 1 heterocycles. The minimum absolute atomic E-state index is 0.154. The highest BCUT2D eigenvalue weighted by Gasteiger charge is 2.18. The third-order valence-electron chi connectivity index (χ3n) is 3.99. The molecular formula is C16H33N3O2. The Kier molecular flexibility index (Phi) is 8.04. The molecule has 0 unspecified atom stereocenters. The van der Waals surface area contributed by atoms with E-state index in [-0.39, 0.29) is 12.0 Å². The second-order valence-electron chi connectivity index (χ2n) is 6.76. The van der Waals surface area contributed by atoms with Gasteiger partial charge < -0.3 is 20.1 Å². The molecule has 0 saturated carbocycles. The van der Waals surface area contributed by atoms with Gasteiger partial charge in [0.2, 0.25) is 0 Å². The molecule has 0 radical (unpaired) electrons. The molecule has 0 aromatic carbocycles. The number of aliphatic hydroxyl groups excluding tert-OH is 1. The van der Waals surface area contributed by atoms with E-state index < -0.39 is 0 Å². The lowest BCUT2D eigenvalue weighted by Gasteiger charge is -2.27. The van der Waals surface area contributed by atoms with Crippen molar-refractivity contribution in [2.45, 2.75) is 40.0 Å². The van der Waals surface area contributed by atoms with Crippen LogP contribution < -0.4 is 5.32 Å². The molecule has 5 heteroatoms. The molecule has 1 fully saturated rings. The first-order chi connectivity index (χ1) is 9.98. The molecule has 0 bridgehead atoms. The molecule has 5 nitrogen and oxygen atoms in total. The number of guanidine groups is 1. The van der Waals surface area contributed by atoms with E-state index in [0.717, 1.165) is 38.2 Å². The smallest absolute Gasteiger partial charge is 0.193 e. The van der Waals surface area contributed by atoms with Crippen LogP contribution >= 0.6 is 0 Å². The second kappa shape index (κ2) is 9.26. The lowest BCUT2D eigenvalue weighted by molar-refractivity contribution is 0.0625. The SMILES string of the molecule is CCNC(=NCC(C)(C)CO)N(C)CCC1CCOCC1. The van der Waals surface area contributed by atoms with Crippen molar-refractivity contribution in [1.29, 1.82) is 0 Å². The van der Waals surface area contributed by atoms with Crippen LogP contribution in [0.15, 0.2) is 4.99 Å². The van der Waals surface area contributed by atoms with Crippen LogP contribution in [0.2, 0.25) is 0 Å². The Hall–Kier alpha value is -0.810. The quantitative estimate of drug-likeness (QED) is 0.555. The molecule has 0 amide bonds. The van der Waals surface area contributed by atoms with Gasteiger partial charge in [-0.25, -0.2) is 0 Å². The maximum absolute atomic E-state index is 9.33. The molecule has 1 rings (SSSR count). The molecular weight excluding hydrogens is 266 g/mol. The Morgan fingerprint density at radius 3 is 2.62 bits per heavy atom. The zero-order valence-corrected chi connectivity index (χ0v) is 14.2. The predicted molar refractivity (Wildman–Crippen MR) is 87.6 cm³/mol. The summed E-state index contributed by atoms with van der Waals surface area (Å²) in [4.78, 5) is 6.87. The average Bonchev–Trinajstić information content (AvgIpc) is 2.50. The molecule has 0 spiro atoms. The van der Waals surface area contributed by atoms with Crippen molar-refractivity contribution in [3.8, 4) is 0 Å². The van der Waals surface area contributed by atoms with Crippen molar-refractivity contribution in [1.82, 2.24) is 10.2 Å². The van der Waals surface area contributed by atoms with Crippen LogP contribution in [0.1, 0.15) is 40.0 Å². The summed E-state index contributed by atoms with van der Waals surface area (Å²) in [6.07, 6.45) is 3.55. The van der Waals surface area contributed by atoms with E-state index in [1.807, 2.05) is 13.8 Å². The fraction of sp³-hybridized carbons (Fsp3) is 0.938. The van der Waals surface area contributed by atoms with Gasteiger partial charge in [-0.3, -0.25) is 4.99 Å². The Bertz CT molecular complexity index is 313. The zero-order valence-electron chi connectivity index (χ0n) is 14.2. The molecule has 1 aliphatic rings. The van der Waals surface area contributed by atoms with Gasteiger partial charge in [0, 0.05) is 45.4 Å². The zero-order chi connectivity index (χ0) is 15.7.